The van der Waals surface area contributed by atoms with Gasteiger partial charge in [0.15, 0.2) is 7.28 Å². The van der Waals surface area contributed by atoms with Gasteiger partial charge in [0.05, 0.1) is 5.52 Å². The molecule has 91 valence electrons. The number of nitrogens with zero attached hydrogens (tertiary/aromatic N) is 2. The maximum Gasteiger partial charge on any atom is 0.151 e. The third-order valence-electron chi connectivity index (χ3n) is 3.26. The van der Waals surface area contributed by atoms with Gasteiger partial charge in [-0.15, -0.1) is 0 Å². The first-order chi connectivity index (χ1) is 9.36. The second-order valence-corrected chi connectivity index (χ2v) is 4.58. The quantitative estimate of drug-likeness (QED) is 0.663. The molecule has 2 nitrogen and oxygen atoms in total. The van der Waals surface area contributed by atoms with Gasteiger partial charge in [0.25, 0.3) is 0 Å². The Bertz CT molecular complexity index is 695. The molecule has 0 aliphatic carbocycles. The van der Waals surface area contributed by atoms with Crippen molar-refractivity contribution in [3.63, 3.8) is 0 Å². The minimum atomic E-state index is 0.925. The van der Waals surface area contributed by atoms with Gasteiger partial charge < -0.3 is 0 Å². The summed E-state index contributed by atoms with van der Waals surface area (Å²) in [5.74, 6) is 0. The maximum atomic E-state index is 4.46. The summed E-state index contributed by atoms with van der Waals surface area (Å²) in [5.41, 5.74) is 4.85. The molecule has 1 aromatic carbocycles. The monoisotopic (exact) mass is 245 g/mol. The molecule has 0 saturated heterocycles. The molecule has 3 aromatic rings. The van der Waals surface area contributed by atoms with Crippen LogP contribution in [0.3, 0.4) is 0 Å². The van der Waals surface area contributed by atoms with Crippen molar-refractivity contribution in [3.05, 3.63) is 66.1 Å². The van der Waals surface area contributed by atoms with Crippen LogP contribution < -0.4 is 5.46 Å². The fourth-order valence-corrected chi connectivity index (χ4v) is 2.34. The number of hydrogen-bond donors (Lipinski definition) is 0. The van der Waals surface area contributed by atoms with E-state index in [2.05, 4.69) is 54.4 Å². The Labute approximate surface area is 113 Å². The first-order valence-corrected chi connectivity index (χ1v) is 6.43. The Morgan fingerprint density at radius 2 is 1.84 bits per heavy atom. The molecule has 0 saturated carbocycles. The van der Waals surface area contributed by atoms with E-state index in [-0.39, 0.29) is 0 Å². The van der Waals surface area contributed by atoms with Crippen LogP contribution in [0.1, 0.15) is 11.1 Å². The molecule has 0 atom stereocenters. The molecule has 0 aliphatic heterocycles. The zero-order chi connectivity index (χ0) is 13.1. The molecule has 19 heavy (non-hydrogen) atoms. The first-order valence-electron chi connectivity index (χ1n) is 6.43. The van der Waals surface area contributed by atoms with Gasteiger partial charge in [-0.1, -0.05) is 24.4 Å². The van der Waals surface area contributed by atoms with E-state index in [1.165, 1.54) is 22.0 Å². The number of hydrogen-bond acceptors (Lipinski definition) is 2. The van der Waals surface area contributed by atoms with E-state index in [0.717, 1.165) is 11.9 Å². The van der Waals surface area contributed by atoms with Crippen LogP contribution in [-0.2, 0) is 6.42 Å². The SMILES string of the molecule is C[B]c1cc(Cc2ccncc2)cc2cccnc12. The molecule has 0 unspecified atom stereocenters. The van der Waals surface area contributed by atoms with Crippen LogP contribution in [0.4, 0.5) is 0 Å². The smallest absolute Gasteiger partial charge is 0.151 e. The highest BCUT2D eigenvalue weighted by molar-refractivity contribution is 6.55. The maximum absolute atomic E-state index is 4.46. The molecule has 1 radical (unpaired) electrons. The molecular weight excluding hydrogens is 231 g/mol. The standard InChI is InChI=1S/C16H14BN2/c1-17-15-11-13(9-12-4-7-18-8-5-12)10-14-3-2-6-19-16(14)15/h2-8,10-11H,9H2,1H3. The summed E-state index contributed by atoms with van der Waals surface area (Å²) < 4.78 is 0. The molecular formula is C16H14BN2. The lowest BCUT2D eigenvalue weighted by atomic mass is 9.71. The minimum Gasteiger partial charge on any atom is -0.265 e. The van der Waals surface area contributed by atoms with Crippen molar-refractivity contribution in [2.45, 2.75) is 13.2 Å². The number of aromatic nitrogens is 2. The molecule has 0 amide bonds. The molecule has 2 aromatic heterocycles. The van der Waals surface area contributed by atoms with Crippen molar-refractivity contribution in [2.75, 3.05) is 0 Å². The van der Waals surface area contributed by atoms with Crippen molar-refractivity contribution in [1.82, 2.24) is 9.97 Å². The normalized spacial score (nSPS) is 10.6. The Hall–Kier alpha value is -2.16. The van der Waals surface area contributed by atoms with E-state index in [1.807, 2.05) is 24.7 Å². The average molecular weight is 245 g/mol. The van der Waals surface area contributed by atoms with Crippen molar-refractivity contribution in [3.8, 4) is 0 Å². The van der Waals surface area contributed by atoms with Crippen LogP contribution in [0, 0.1) is 0 Å². The predicted octanol–water partition coefficient (Wildman–Crippen LogP) is 2.60. The van der Waals surface area contributed by atoms with Gasteiger partial charge in [-0.3, -0.25) is 9.97 Å². The second-order valence-electron chi connectivity index (χ2n) is 4.58. The Kier molecular flexibility index (Phi) is 3.28. The molecule has 3 rings (SSSR count). The van der Waals surface area contributed by atoms with Gasteiger partial charge in [-0.05, 0) is 47.2 Å². The highest BCUT2D eigenvalue weighted by Crippen LogP contribution is 2.14. The number of pyridine rings is 2. The zero-order valence-electron chi connectivity index (χ0n) is 10.9. The Morgan fingerprint density at radius 3 is 2.63 bits per heavy atom. The van der Waals surface area contributed by atoms with Gasteiger partial charge in [-0.25, -0.2) is 0 Å². The van der Waals surface area contributed by atoms with Crippen molar-refractivity contribution in [1.29, 1.82) is 0 Å². The van der Waals surface area contributed by atoms with E-state index >= 15 is 0 Å². The fourth-order valence-electron chi connectivity index (χ4n) is 2.34. The van der Waals surface area contributed by atoms with E-state index in [0.29, 0.717) is 0 Å². The van der Waals surface area contributed by atoms with Crippen molar-refractivity contribution >= 4 is 23.6 Å². The molecule has 0 spiro atoms. The molecule has 0 N–H and O–H groups in total. The number of benzene rings is 1. The molecule has 0 bridgehead atoms. The Balaban J connectivity index is 2.05. The van der Waals surface area contributed by atoms with Crippen LogP contribution in [0.25, 0.3) is 10.9 Å². The van der Waals surface area contributed by atoms with Gasteiger partial charge in [0.2, 0.25) is 0 Å². The molecule has 3 heteroatoms. The van der Waals surface area contributed by atoms with E-state index in [4.69, 9.17) is 0 Å². The van der Waals surface area contributed by atoms with Crippen molar-refractivity contribution in [2.24, 2.45) is 0 Å². The van der Waals surface area contributed by atoms with Crippen LogP contribution in [0.5, 0.6) is 0 Å². The van der Waals surface area contributed by atoms with Crippen LogP contribution in [0.15, 0.2) is 55.0 Å². The van der Waals surface area contributed by atoms with Crippen LogP contribution >= 0.6 is 0 Å². The third kappa shape index (κ3) is 2.50. The highest BCUT2D eigenvalue weighted by atomic mass is 14.6. The topological polar surface area (TPSA) is 25.8 Å². The zero-order valence-corrected chi connectivity index (χ0v) is 10.9. The highest BCUT2D eigenvalue weighted by Gasteiger charge is 2.04. The molecule has 0 aliphatic rings. The lowest BCUT2D eigenvalue weighted by Crippen LogP contribution is -2.14. The lowest BCUT2D eigenvalue weighted by molar-refractivity contribution is 1.17. The van der Waals surface area contributed by atoms with Gasteiger partial charge in [-0.2, -0.15) is 0 Å². The summed E-state index contributed by atoms with van der Waals surface area (Å²) in [5, 5.41) is 1.20. The lowest BCUT2D eigenvalue weighted by Gasteiger charge is -2.08. The van der Waals surface area contributed by atoms with Crippen LogP contribution in [0.2, 0.25) is 6.82 Å². The van der Waals surface area contributed by atoms with Crippen molar-refractivity contribution < 1.29 is 0 Å². The summed E-state index contributed by atoms with van der Waals surface area (Å²) >= 11 is 0. The average Bonchev–Trinajstić information content (AvgIpc) is 2.47. The van der Waals surface area contributed by atoms with E-state index in [9.17, 15) is 0 Å². The van der Waals surface area contributed by atoms with Gasteiger partial charge in [0.1, 0.15) is 0 Å². The summed E-state index contributed by atoms with van der Waals surface area (Å²) in [6, 6.07) is 12.7. The predicted molar refractivity (Wildman–Crippen MR) is 80.0 cm³/mol. The van der Waals surface area contributed by atoms with Gasteiger partial charge >= 0.3 is 0 Å². The summed E-state index contributed by atoms with van der Waals surface area (Å²) in [7, 11) is 2.12. The fraction of sp³-hybridized carbons (Fsp3) is 0.125. The molecule has 2 heterocycles. The molecule has 0 fully saturated rings. The van der Waals surface area contributed by atoms with E-state index < -0.39 is 0 Å². The van der Waals surface area contributed by atoms with Crippen LogP contribution in [-0.4, -0.2) is 17.2 Å². The second kappa shape index (κ2) is 5.23. The Morgan fingerprint density at radius 1 is 1.00 bits per heavy atom. The number of fused-ring (bicyclic) bond motifs is 1. The number of rotatable bonds is 3. The first kappa shape index (κ1) is 11.9. The third-order valence-corrected chi connectivity index (χ3v) is 3.26. The van der Waals surface area contributed by atoms with Gasteiger partial charge in [0, 0.05) is 18.6 Å². The minimum absolute atomic E-state index is 0.925. The summed E-state index contributed by atoms with van der Waals surface area (Å²) in [6.07, 6.45) is 6.45. The van der Waals surface area contributed by atoms with E-state index in [1.54, 1.807) is 0 Å². The summed E-state index contributed by atoms with van der Waals surface area (Å²) in [6.45, 7) is 2.06. The summed E-state index contributed by atoms with van der Waals surface area (Å²) in [4.78, 5) is 8.51. The largest absolute Gasteiger partial charge is 0.265 e.